The number of ether oxygens (including phenoxy) is 1. The second-order valence-electron chi connectivity index (χ2n) is 9.60. The summed E-state index contributed by atoms with van der Waals surface area (Å²) < 4.78 is 18.4. The van der Waals surface area contributed by atoms with Gasteiger partial charge in [-0.3, -0.25) is 4.79 Å². The van der Waals surface area contributed by atoms with Crippen LogP contribution in [0.25, 0.3) is 0 Å². The maximum absolute atomic E-state index is 13.2. The van der Waals surface area contributed by atoms with Gasteiger partial charge in [0.15, 0.2) is 0 Å². The molecule has 1 saturated heterocycles. The van der Waals surface area contributed by atoms with Gasteiger partial charge in [-0.25, -0.2) is 9.37 Å². The molecule has 2 aliphatic heterocycles. The lowest BCUT2D eigenvalue weighted by Crippen LogP contribution is -2.35. The largest absolute Gasteiger partial charge is 0.427 e. The van der Waals surface area contributed by atoms with Gasteiger partial charge in [0.1, 0.15) is 17.4 Å². The molecule has 0 amide bonds. The SMILES string of the molecule is C1CCNCC1.CC(=O)Oc1ccc2c(c1)CCN(c1nc(Nc3ccc(F)cc3)nc(C)c1C)C2C.Cl.Cl. The van der Waals surface area contributed by atoms with Crippen molar-refractivity contribution in [3.05, 3.63) is 70.7 Å². The molecule has 0 aliphatic carbocycles. The highest BCUT2D eigenvalue weighted by Crippen LogP contribution is 2.36. The average Bonchev–Trinajstić information content (AvgIpc) is 2.89. The highest BCUT2D eigenvalue weighted by molar-refractivity contribution is 5.85. The molecule has 5 rings (SSSR count). The molecule has 1 fully saturated rings. The van der Waals surface area contributed by atoms with E-state index in [0.29, 0.717) is 11.7 Å². The van der Waals surface area contributed by atoms with Gasteiger partial charge in [-0.2, -0.15) is 4.98 Å². The van der Waals surface area contributed by atoms with Gasteiger partial charge in [0.2, 0.25) is 5.95 Å². The number of nitrogens with one attached hydrogen (secondary N) is 2. The van der Waals surface area contributed by atoms with Crippen LogP contribution in [0, 0.1) is 19.7 Å². The number of hydrogen-bond donors (Lipinski definition) is 2. The van der Waals surface area contributed by atoms with E-state index >= 15 is 0 Å². The van der Waals surface area contributed by atoms with Gasteiger partial charge >= 0.3 is 5.97 Å². The molecule has 0 radical (unpaired) electrons. The number of carbonyl (C=O) groups is 1. The van der Waals surface area contributed by atoms with Crippen LogP contribution in [0.15, 0.2) is 42.5 Å². The lowest BCUT2D eigenvalue weighted by Gasteiger charge is -2.37. The normalized spacial score (nSPS) is 15.9. The maximum atomic E-state index is 13.2. The Morgan fingerprint density at radius 2 is 1.74 bits per heavy atom. The van der Waals surface area contributed by atoms with Gasteiger partial charge in [-0.15, -0.1) is 24.8 Å². The van der Waals surface area contributed by atoms with Gasteiger partial charge in [0.25, 0.3) is 0 Å². The molecule has 7 nitrogen and oxygen atoms in total. The van der Waals surface area contributed by atoms with Crippen molar-refractivity contribution in [2.24, 2.45) is 0 Å². The Hall–Kier alpha value is -2.94. The molecule has 3 heterocycles. The number of esters is 1. The molecule has 3 aromatic rings. The molecule has 2 N–H and O–H groups in total. The number of hydrogen-bond acceptors (Lipinski definition) is 7. The summed E-state index contributed by atoms with van der Waals surface area (Å²) in [6.45, 7) is 10.8. The summed E-state index contributed by atoms with van der Waals surface area (Å²) in [7, 11) is 0. The molecule has 10 heteroatoms. The first-order valence-electron chi connectivity index (χ1n) is 13.0. The van der Waals surface area contributed by atoms with E-state index in [-0.39, 0.29) is 42.6 Å². The molecule has 212 valence electrons. The van der Waals surface area contributed by atoms with E-state index < -0.39 is 0 Å². The number of benzene rings is 2. The van der Waals surface area contributed by atoms with Crippen molar-refractivity contribution < 1.29 is 13.9 Å². The fraction of sp³-hybridized carbons (Fsp3) is 0.414. The van der Waals surface area contributed by atoms with E-state index in [0.717, 1.165) is 35.7 Å². The van der Waals surface area contributed by atoms with E-state index in [1.54, 1.807) is 12.1 Å². The van der Waals surface area contributed by atoms with Crippen LogP contribution in [0.3, 0.4) is 0 Å². The number of aryl methyl sites for hydroxylation is 1. The third-order valence-corrected chi connectivity index (χ3v) is 6.86. The van der Waals surface area contributed by atoms with E-state index in [2.05, 4.69) is 27.4 Å². The first-order valence-corrected chi connectivity index (χ1v) is 13.0. The quantitative estimate of drug-likeness (QED) is 0.266. The van der Waals surface area contributed by atoms with Crippen LogP contribution in [0.4, 0.5) is 21.8 Å². The van der Waals surface area contributed by atoms with Gasteiger partial charge in [0.05, 0.1) is 6.04 Å². The second-order valence-corrected chi connectivity index (χ2v) is 9.60. The molecular formula is C29H38Cl2FN5O2. The number of anilines is 3. The lowest BCUT2D eigenvalue weighted by atomic mass is 9.93. The van der Waals surface area contributed by atoms with Crippen LogP contribution in [0.1, 0.15) is 61.5 Å². The number of rotatable bonds is 4. The topological polar surface area (TPSA) is 79.4 Å². The van der Waals surface area contributed by atoms with Crippen molar-refractivity contribution in [1.29, 1.82) is 0 Å². The van der Waals surface area contributed by atoms with Crippen LogP contribution in [0.2, 0.25) is 0 Å². The minimum absolute atomic E-state index is 0. The third-order valence-electron chi connectivity index (χ3n) is 6.86. The fourth-order valence-electron chi connectivity index (χ4n) is 4.74. The summed E-state index contributed by atoms with van der Waals surface area (Å²) in [5.74, 6) is 1.32. The molecule has 1 atom stereocenters. The van der Waals surface area contributed by atoms with Crippen LogP contribution in [-0.2, 0) is 11.2 Å². The molecular weight excluding hydrogens is 540 g/mol. The predicted molar refractivity (Wildman–Crippen MR) is 160 cm³/mol. The summed E-state index contributed by atoms with van der Waals surface area (Å²) in [5.41, 5.74) is 5.00. The lowest BCUT2D eigenvalue weighted by molar-refractivity contribution is -0.131. The Morgan fingerprint density at radius 3 is 2.33 bits per heavy atom. The van der Waals surface area contributed by atoms with E-state index in [9.17, 15) is 9.18 Å². The summed E-state index contributed by atoms with van der Waals surface area (Å²) >= 11 is 0. The highest BCUT2D eigenvalue weighted by Gasteiger charge is 2.27. The highest BCUT2D eigenvalue weighted by atomic mass is 35.5. The van der Waals surface area contributed by atoms with Gasteiger partial charge in [-0.05, 0) is 101 Å². The summed E-state index contributed by atoms with van der Waals surface area (Å²) in [6.07, 6.45) is 5.03. The minimum atomic E-state index is -0.321. The zero-order chi connectivity index (χ0) is 26.4. The van der Waals surface area contributed by atoms with Crippen molar-refractivity contribution in [3.8, 4) is 5.75 Å². The Kier molecular flexibility index (Phi) is 12.4. The first kappa shape index (κ1) is 32.3. The maximum Gasteiger partial charge on any atom is 0.308 e. The van der Waals surface area contributed by atoms with Crippen LogP contribution < -0.4 is 20.3 Å². The summed E-state index contributed by atoms with van der Waals surface area (Å²) in [4.78, 5) is 22.9. The van der Waals surface area contributed by atoms with Crippen LogP contribution >= 0.6 is 24.8 Å². The average molecular weight is 579 g/mol. The van der Waals surface area contributed by atoms with Crippen LogP contribution in [0.5, 0.6) is 5.75 Å². The number of fused-ring (bicyclic) bond motifs is 1. The zero-order valence-corrected chi connectivity index (χ0v) is 24.6. The van der Waals surface area contributed by atoms with Crippen molar-refractivity contribution in [3.63, 3.8) is 0 Å². The zero-order valence-electron chi connectivity index (χ0n) is 22.9. The minimum Gasteiger partial charge on any atom is -0.427 e. The Bertz CT molecular complexity index is 1230. The fourth-order valence-corrected chi connectivity index (χ4v) is 4.74. The van der Waals surface area contributed by atoms with Crippen molar-refractivity contribution in [2.75, 3.05) is 29.9 Å². The molecule has 1 aromatic heterocycles. The molecule has 0 saturated carbocycles. The van der Waals surface area contributed by atoms with Gasteiger partial charge in [-0.1, -0.05) is 12.5 Å². The van der Waals surface area contributed by atoms with Crippen molar-refractivity contribution >= 4 is 48.2 Å². The van der Waals surface area contributed by atoms with Gasteiger partial charge in [0, 0.05) is 30.4 Å². The first-order chi connectivity index (χ1) is 17.8. The number of nitrogens with zero attached hydrogens (tertiary/aromatic N) is 3. The summed E-state index contributed by atoms with van der Waals surface area (Å²) in [5, 5.41) is 6.46. The molecule has 0 spiro atoms. The number of aromatic nitrogens is 2. The van der Waals surface area contributed by atoms with E-state index in [1.807, 2.05) is 32.0 Å². The monoisotopic (exact) mass is 577 g/mol. The molecule has 2 aromatic carbocycles. The number of piperidine rings is 1. The van der Waals surface area contributed by atoms with Crippen LogP contribution in [-0.4, -0.2) is 35.6 Å². The van der Waals surface area contributed by atoms with Crippen molar-refractivity contribution in [2.45, 2.75) is 59.4 Å². The van der Waals surface area contributed by atoms with Gasteiger partial charge < -0.3 is 20.3 Å². The smallest absolute Gasteiger partial charge is 0.308 e. The van der Waals surface area contributed by atoms with Crippen molar-refractivity contribution in [1.82, 2.24) is 15.3 Å². The number of carbonyl (C=O) groups excluding carboxylic acids is 1. The molecule has 2 aliphatic rings. The molecule has 0 bridgehead atoms. The Morgan fingerprint density at radius 1 is 1.05 bits per heavy atom. The Balaban J connectivity index is 0.000000591. The number of halogens is 3. The van der Waals surface area contributed by atoms with E-state index in [4.69, 9.17) is 9.72 Å². The van der Waals surface area contributed by atoms with E-state index in [1.165, 1.54) is 62.5 Å². The predicted octanol–water partition coefficient (Wildman–Crippen LogP) is 6.63. The summed E-state index contributed by atoms with van der Waals surface area (Å²) in [6, 6.07) is 12.0. The standard InChI is InChI=1S/C24H25FN4O2.C5H11N.2ClH/c1-14-15(2)26-24(27-20-7-5-19(25)6-8-20)28-23(14)29-12-11-18-13-21(31-17(4)30)9-10-22(18)16(29)3;1-2-4-6-5-3-1;;/h5-10,13,16H,11-12H2,1-4H3,(H,26,27,28);6H,1-5H2;2*1H. The second kappa shape index (κ2) is 15.0. The molecule has 39 heavy (non-hydrogen) atoms. The third kappa shape index (κ3) is 8.52. The Labute approximate surface area is 242 Å². The molecule has 1 unspecified atom stereocenters.